The number of benzene rings is 1. The summed E-state index contributed by atoms with van der Waals surface area (Å²) in [7, 11) is 0. The third kappa shape index (κ3) is 3.50. The Balaban J connectivity index is 1.42. The minimum absolute atomic E-state index is 0.644. The topological polar surface area (TPSA) is 25.6 Å². The molecule has 0 spiro atoms. The Morgan fingerprint density at radius 3 is 2.93 bits per heavy atom. The molecule has 2 aliphatic heterocycles. The molecule has 3 aliphatic rings. The van der Waals surface area contributed by atoms with Crippen molar-refractivity contribution in [3.05, 3.63) is 68.6 Å². The van der Waals surface area contributed by atoms with Gasteiger partial charge in [-0.1, -0.05) is 53.7 Å². The van der Waals surface area contributed by atoms with Crippen LogP contribution in [0.15, 0.2) is 57.4 Å². The van der Waals surface area contributed by atoms with Gasteiger partial charge in [-0.15, -0.1) is 0 Å². The molecule has 0 atom stereocenters. The van der Waals surface area contributed by atoms with Crippen molar-refractivity contribution in [1.29, 1.82) is 0 Å². The zero-order chi connectivity index (χ0) is 18.9. The Bertz CT molecular complexity index is 1120. The largest absolute Gasteiger partial charge is 0.454 e. The monoisotopic (exact) mass is 411 g/mol. The molecule has 0 N–H and O–H groups in total. The van der Waals surface area contributed by atoms with Gasteiger partial charge in [0.1, 0.15) is 5.42 Å². The minimum Gasteiger partial charge on any atom is -0.454 e. The van der Waals surface area contributed by atoms with Crippen molar-refractivity contribution in [2.45, 2.75) is 12.8 Å². The van der Waals surface area contributed by atoms with Crippen LogP contribution in [0.4, 0.5) is 0 Å². The zero-order valence-corrected chi connectivity index (χ0v) is 17.2. The van der Waals surface area contributed by atoms with Crippen LogP contribution in [0.1, 0.15) is 12.8 Å². The highest BCUT2D eigenvalue weighted by molar-refractivity contribution is 8.11. The number of hydrogen-bond acceptors (Lipinski definition) is 4. The second-order valence-electron chi connectivity index (χ2n) is 7.27. The lowest BCUT2D eigenvalue weighted by molar-refractivity contribution is 0.132. The first-order valence-corrected chi connectivity index (χ1v) is 11.0. The fourth-order valence-electron chi connectivity index (χ4n) is 3.95. The fraction of sp³-hybridized carbons (Fsp3) is 0.304. The van der Waals surface area contributed by atoms with Crippen LogP contribution in [0.25, 0.3) is 22.0 Å². The summed E-state index contributed by atoms with van der Waals surface area (Å²) in [4.78, 5) is 4.91. The SMILES string of the molecule is Clc1cccc2c3c(oc12)=CC=CC1=CC=C(COCCN2CCCC2)SC=31. The summed E-state index contributed by atoms with van der Waals surface area (Å²) in [6.45, 7) is 4.89. The lowest BCUT2D eigenvalue weighted by atomic mass is 10.1. The van der Waals surface area contributed by atoms with E-state index < -0.39 is 0 Å². The summed E-state index contributed by atoms with van der Waals surface area (Å²) < 4.78 is 12.1. The van der Waals surface area contributed by atoms with Crippen molar-refractivity contribution < 1.29 is 9.15 Å². The molecule has 1 saturated heterocycles. The maximum absolute atomic E-state index is 6.37. The highest BCUT2D eigenvalue weighted by Gasteiger charge is 2.19. The van der Waals surface area contributed by atoms with Crippen LogP contribution in [0.3, 0.4) is 0 Å². The molecule has 5 heteroatoms. The van der Waals surface area contributed by atoms with E-state index >= 15 is 0 Å². The average Bonchev–Trinajstić information content (AvgIpc) is 3.31. The quantitative estimate of drug-likeness (QED) is 0.688. The number of allylic oxidation sites excluding steroid dienone is 4. The minimum atomic E-state index is 0.644. The van der Waals surface area contributed by atoms with Crippen molar-refractivity contribution in [2.24, 2.45) is 0 Å². The number of thioether (sulfide) groups is 1. The van der Waals surface area contributed by atoms with Gasteiger partial charge in [0.25, 0.3) is 0 Å². The summed E-state index contributed by atoms with van der Waals surface area (Å²) in [5.41, 5.74) is 2.82. The van der Waals surface area contributed by atoms with Crippen molar-refractivity contribution in [1.82, 2.24) is 4.90 Å². The molecule has 1 aromatic heterocycles. The Labute approximate surface area is 173 Å². The van der Waals surface area contributed by atoms with E-state index in [2.05, 4.69) is 29.2 Å². The lowest BCUT2D eigenvalue weighted by Crippen LogP contribution is -2.24. The summed E-state index contributed by atoms with van der Waals surface area (Å²) in [6.07, 6.45) is 13.2. The number of halogens is 1. The molecule has 0 unspecified atom stereocenters. The molecule has 1 fully saturated rings. The third-order valence-electron chi connectivity index (χ3n) is 5.38. The van der Waals surface area contributed by atoms with E-state index in [1.807, 2.05) is 24.3 Å². The molecular weight excluding hydrogens is 390 g/mol. The van der Waals surface area contributed by atoms with Gasteiger partial charge in [0, 0.05) is 27.0 Å². The number of para-hydroxylation sites is 1. The maximum Gasteiger partial charge on any atom is 0.154 e. The highest BCUT2D eigenvalue weighted by Crippen LogP contribution is 2.37. The van der Waals surface area contributed by atoms with Crippen LogP contribution >= 0.6 is 23.4 Å². The Morgan fingerprint density at radius 2 is 2.04 bits per heavy atom. The molecule has 0 amide bonds. The molecule has 5 rings (SSSR count). The number of likely N-dealkylation sites (tertiary alicyclic amines) is 1. The first-order valence-electron chi connectivity index (χ1n) is 9.78. The summed E-state index contributed by atoms with van der Waals surface area (Å²) >= 11 is 8.14. The molecule has 0 saturated carbocycles. The van der Waals surface area contributed by atoms with Gasteiger partial charge >= 0.3 is 0 Å². The molecule has 0 radical (unpaired) electrons. The summed E-state index contributed by atoms with van der Waals surface area (Å²) in [5, 5.41) is 2.84. The first-order chi connectivity index (χ1) is 13.8. The number of ether oxygens (including phenoxy) is 1. The van der Waals surface area contributed by atoms with Gasteiger partial charge in [0.2, 0.25) is 0 Å². The van der Waals surface area contributed by atoms with Crippen LogP contribution < -0.4 is 10.6 Å². The van der Waals surface area contributed by atoms with Gasteiger partial charge < -0.3 is 14.1 Å². The van der Waals surface area contributed by atoms with Crippen molar-refractivity contribution in [2.75, 3.05) is 32.8 Å². The fourth-order valence-corrected chi connectivity index (χ4v) is 5.27. The number of nitrogens with zero attached hydrogens (tertiary/aromatic N) is 1. The standard InChI is InChI=1S/C23H22ClNO2S/c24-19-7-4-6-18-21-20(27-22(18)19)8-3-5-16-9-10-17(28-23(16)21)15-26-14-13-25-11-1-2-12-25/h3-10H,1-2,11-15H2. The second kappa shape index (κ2) is 7.96. The molecule has 0 bridgehead atoms. The van der Waals surface area contributed by atoms with Crippen molar-refractivity contribution >= 4 is 45.3 Å². The third-order valence-corrected chi connectivity index (χ3v) is 6.84. The summed E-state index contributed by atoms with van der Waals surface area (Å²) in [5.74, 6) is 0. The number of fused-ring (bicyclic) bond motifs is 4. The van der Waals surface area contributed by atoms with Gasteiger partial charge in [0.15, 0.2) is 5.58 Å². The van der Waals surface area contributed by atoms with Gasteiger partial charge in [-0.2, -0.15) is 0 Å². The molecular formula is C23H22ClNO2S. The van der Waals surface area contributed by atoms with E-state index in [4.69, 9.17) is 20.8 Å². The second-order valence-corrected chi connectivity index (χ2v) is 8.82. The molecule has 144 valence electrons. The van der Waals surface area contributed by atoms with Crippen LogP contribution in [0, 0.1) is 0 Å². The Hall–Kier alpha value is -1.72. The average molecular weight is 412 g/mol. The van der Waals surface area contributed by atoms with E-state index in [-0.39, 0.29) is 0 Å². The predicted octanol–water partition coefficient (Wildman–Crippen LogP) is 4.21. The molecule has 3 nitrogen and oxygen atoms in total. The van der Waals surface area contributed by atoms with E-state index in [0.29, 0.717) is 11.6 Å². The summed E-state index contributed by atoms with van der Waals surface area (Å²) in [6, 6.07) is 5.93. The highest BCUT2D eigenvalue weighted by atomic mass is 35.5. The number of hydrogen-bond donors (Lipinski definition) is 0. The molecule has 1 aromatic carbocycles. The normalized spacial score (nSPS) is 19.1. The smallest absolute Gasteiger partial charge is 0.154 e. The van der Waals surface area contributed by atoms with Gasteiger partial charge in [0.05, 0.1) is 18.2 Å². The molecule has 3 heterocycles. The van der Waals surface area contributed by atoms with Gasteiger partial charge in [-0.05, 0) is 49.7 Å². The van der Waals surface area contributed by atoms with E-state index in [0.717, 1.165) is 34.8 Å². The van der Waals surface area contributed by atoms with Crippen LogP contribution in [-0.4, -0.2) is 37.7 Å². The molecule has 1 aliphatic carbocycles. The maximum atomic E-state index is 6.37. The van der Waals surface area contributed by atoms with E-state index in [1.165, 1.54) is 41.3 Å². The van der Waals surface area contributed by atoms with Gasteiger partial charge in [-0.3, -0.25) is 0 Å². The van der Waals surface area contributed by atoms with Crippen LogP contribution in [-0.2, 0) is 4.74 Å². The molecule has 2 aromatic rings. The van der Waals surface area contributed by atoms with E-state index in [9.17, 15) is 0 Å². The van der Waals surface area contributed by atoms with Crippen LogP contribution in [0.2, 0.25) is 5.02 Å². The van der Waals surface area contributed by atoms with Crippen LogP contribution in [0.5, 0.6) is 0 Å². The van der Waals surface area contributed by atoms with Gasteiger partial charge in [-0.25, -0.2) is 0 Å². The van der Waals surface area contributed by atoms with E-state index in [1.54, 1.807) is 11.8 Å². The zero-order valence-electron chi connectivity index (χ0n) is 15.6. The number of rotatable bonds is 5. The predicted molar refractivity (Wildman–Crippen MR) is 118 cm³/mol. The number of furan rings is 1. The van der Waals surface area contributed by atoms with Crippen molar-refractivity contribution in [3.8, 4) is 0 Å². The Morgan fingerprint density at radius 1 is 1.14 bits per heavy atom. The first kappa shape index (κ1) is 18.3. The Kier molecular flexibility index (Phi) is 5.20. The molecule has 28 heavy (non-hydrogen) atoms. The lowest BCUT2D eigenvalue weighted by Gasteiger charge is -2.17. The van der Waals surface area contributed by atoms with Crippen molar-refractivity contribution in [3.63, 3.8) is 0 Å².